The number of anilines is 1. The van der Waals surface area contributed by atoms with Crippen molar-refractivity contribution < 1.29 is 17.9 Å². The Kier molecular flexibility index (Phi) is 5.76. The van der Waals surface area contributed by atoms with Gasteiger partial charge in [0.2, 0.25) is 0 Å². The molecular weight excluding hydrogens is 271 g/mol. The highest BCUT2D eigenvalue weighted by Gasteiger charge is 2.11. The number of nitrogens with one attached hydrogen (secondary N) is 2. The van der Waals surface area contributed by atoms with Gasteiger partial charge in [0.05, 0.1) is 17.9 Å². The maximum absolute atomic E-state index is 13.1. The molecule has 0 aliphatic rings. The average molecular weight is 286 g/mol. The van der Waals surface area contributed by atoms with Crippen LogP contribution in [0.1, 0.15) is 18.9 Å². The van der Waals surface area contributed by atoms with Crippen LogP contribution in [0.15, 0.2) is 18.2 Å². The summed E-state index contributed by atoms with van der Waals surface area (Å²) < 4.78 is 40.8. The zero-order valence-corrected chi connectivity index (χ0v) is 11.2. The molecule has 0 bridgehead atoms. The lowest BCUT2D eigenvalue weighted by atomic mass is 10.2. The van der Waals surface area contributed by atoms with Gasteiger partial charge >= 0.3 is 0 Å². The molecule has 1 aromatic carbocycles. The lowest BCUT2D eigenvalue weighted by Crippen LogP contribution is -2.30. The maximum atomic E-state index is 13.1. The predicted molar refractivity (Wildman–Crippen MR) is 71.2 cm³/mol. The van der Waals surface area contributed by atoms with Crippen LogP contribution in [0.25, 0.3) is 0 Å². The number of hydrogen-bond donors (Lipinski definition) is 3. The van der Waals surface area contributed by atoms with Crippen molar-refractivity contribution in [2.45, 2.75) is 13.3 Å². The van der Waals surface area contributed by atoms with Gasteiger partial charge in [-0.1, -0.05) is 18.8 Å². The van der Waals surface area contributed by atoms with Crippen LogP contribution >= 0.6 is 0 Å². The molecule has 0 fully saturated rings. The van der Waals surface area contributed by atoms with Crippen LogP contribution in [-0.2, 0) is 10.2 Å². The molecule has 3 N–H and O–H groups in total. The molecule has 19 heavy (non-hydrogen) atoms. The summed E-state index contributed by atoms with van der Waals surface area (Å²) in [4.78, 5) is 0. The Bertz CT molecular complexity index is 591. The maximum Gasteiger partial charge on any atom is 0.299 e. The fraction of sp³-hybridized carbons (Fsp3) is 0.333. The van der Waals surface area contributed by atoms with Crippen molar-refractivity contribution in [3.8, 4) is 11.8 Å². The Balaban J connectivity index is 3.04. The van der Waals surface area contributed by atoms with Crippen LogP contribution in [0, 0.1) is 17.7 Å². The van der Waals surface area contributed by atoms with Gasteiger partial charge in [-0.15, -0.1) is 0 Å². The topological polar surface area (TPSA) is 78.4 Å². The van der Waals surface area contributed by atoms with Gasteiger partial charge < -0.3 is 5.11 Å². The highest BCUT2D eigenvalue weighted by molar-refractivity contribution is 7.90. The molecule has 0 heterocycles. The van der Waals surface area contributed by atoms with E-state index in [1.54, 1.807) is 6.92 Å². The van der Waals surface area contributed by atoms with Crippen molar-refractivity contribution in [2.75, 3.05) is 17.9 Å². The first-order valence-electron chi connectivity index (χ1n) is 5.65. The molecule has 0 radical (unpaired) electrons. The molecule has 7 heteroatoms. The summed E-state index contributed by atoms with van der Waals surface area (Å²) in [5.74, 6) is 4.72. The van der Waals surface area contributed by atoms with E-state index >= 15 is 0 Å². The molecule has 0 unspecified atom stereocenters. The minimum Gasteiger partial charge on any atom is -0.395 e. The molecule has 0 aliphatic carbocycles. The number of halogens is 1. The molecule has 0 aliphatic heterocycles. The fourth-order valence-corrected chi connectivity index (χ4v) is 2.21. The summed E-state index contributed by atoms with van der Waals surface area (Å²) in [5.41, 5.74) is 0.405. The van der Waals surface area contributed by atoms with Crippen LogP contribution in [0.3, 0.4) is 0 Å². The minimum atomic E-state index is -3.69. The fourth-order valence-electron chi connectivity index (χ4n) is 1.29. The Morgan fingerprint density at radius 3 is 2.79 bits per heavy atom. The van der Waals surface area contributed by atoms with E-state index in [-0.39, 0.29) is 30.8 Å². The smallest absolute Gasteiger partial charge is 0.299 e. The van der Waals surface area contributed by atoms with E-state index in [1.165, 1.54) is 6.07 Å². The molecule has 0 saturated carbocycles. The van der Waals surface area contributed by atoms with E-state index in [4.69, 9.17) is 5.11 Å². The van der Waals surface area contributed by atoms with Crippen molar-refractivity contribution in [1.82, 2.24) is 4.72 Å². The van der Waals surface area contributed by atoms with Crippen LogP contribution in [-0.4, -0.2) is 26.7 Å². The average Bonchev–Trinajstić information content (AvgIpc) is 2.32. The lowest BCUT2D eigenvalue weighted by molar-refractivity contribution is 0.305. The largest absolute Gasteiger partial charge is 0.395 e. The first kappa shape index (κ1) is 15.4. The third-order valence-corrected chi connectivity index (χ3v) is 3.18. The molecule has 5 nitrogen and oxygen atoms in total. The van der Waals surface area contributed by atoms with E-state index < -0.39 is 16.0 Å². The zero-order chi connectivity index (χ0) is 14.3. The Hall–Kier alpha value is -1.62. The summed E-state index contributed by atoms with van der Waals surface area (Å²) in [6, 6.07) is 3.57. The van der Waals surface area contributed by atoms with Gasteiger partial charge in [0.1, 0.15) is 5.82 Å². The van der Waals surface area contributed by atoms with E-state index in [1.807, 2.05) is 0 Å². The second-order valence-electron chi connectivity index (χ2n) is 3.57. The van der Waals surface area contributed by atoms with E-state index in [9.17, 15) is 12.8 Å². The lowest BCUT2D eigenvalue weighted by Gasteiger charge is -2.09. The van der Waals surface area contributed by atoms with Gasteiger partial charge in [0.15, 0.2) is 0 Å². The quantitative estimate of drug-likeness (QED) is 0.701. The first-order valence-corrected chi connectivity index (χ1v) is 7.13. The minimum absolute atomic E-state index is 0.110. The summed E-state index contributed by atoms with van der Waals surface area (Å²) >= 11 is 0. The molecule has 0 amide bonds. The Labute approximate surface area is 112 Å². The van der Waals surface area contributed by atoms with Crippen LogP contribution in [0.4, 0.5) is 10.1 Å². The number of hydrogen-bond acceptors (Lipinski definition) is 3. The van der Waals surface area contributed by atoms with Crippen molar-refractivity contribution in [3.63, 3.8) is 0 Å². The van der Waals surface area contributed by atoms with Crippen LogP contribution < -0.4 is 9.44 Å². The van der Waals surface area contributed by atoms with Gasteiger partial charge in [-0.3, -0.25) is 4.72 Å². The van der Waals surface area contributed by atoms with Gasteiger partial charge in [-0.05, 0) is 18.2 Å². The Morgan fingerprint density at radius 1 is 1.42 bits per heavy atom. The second-order valence-corrected chi connectivity index (χ2v) is 5.07. The number of rotatable bonds is 5. The molecule has 0 spiro atoms. The first-order chi connectivity index (χ1) is 8.98. The van der Waals surface area contributed by atoms with Gasteiger partial charge in [-0.2, -0.15) is 13.1 Å². The summed E-state index contributed by atoms with van der Waals surface area (Å²) in [6.07, 6.45) is 0.232. The van der Waals surface area contributed by atoms with Gasteiger partial charge in [0, 0.05) is 13.0 Å². The number of aliphatic hydroxyl groups excluding tert-OH is 1. The monoisotopic (exact) mass is 286 g/mol. The number of aliphatic hydroxyl groups is 1. The zero-order valence-electron chi connectivity index (χ0n) is 10.4. The highest BCUT2D eigenvalue weighted by Crippen LogP contribution is 2.17. The summed E-state index contributed by atoms with van der Waals surface area (Å²) in [6.45, 7) is 1.77. The molecule has 0 atom stereocenters. The molecule has 0 aromatic heterocycles. The van der Waals surface area contributed by atoms with Crippen LogP contribution in [0.5, 0.6) is 0 Å². The van der Waals surface area contributed by atoms with Crippen molar-refractivity contribution in [2.24, 2.45) is 0 Å². The molecule has 1 rings (SSSR count). The summed E-state index contributed by atoms with van der Waals surface area (Å²) in [7, 11) is -3.69. The van der Waals surface area contributed by atoms with Crippen molar-refractivity contribution >= 4 is 15.9 Å². The second kappa shape index (κ2) is 7.09. The Morgan fingerprint density at radius 2 is 2.16 bits per heavy atom. The predicted octanol–water partition coefficient (Wildman–Crippen LogP) is 0.826. The molecule has 104 valence electrons. The molecule has 1 aromatic rings. The standard InChI is InChI=1S/C12H15FN2O3S/c1-2-14-19(17,18)15-12-7-6-11(13)9-10(12)5-3-4-8-16/h6-7,9,14-16H,2,4,8H2,1H3. The van der Waals surface area contributed by atoms with E-state index in [0.29, 0.717) is 0 Å². The van der Waals surface area contributed by atoms with Gasteiger partial charge in [0.25, 0.3) is 10.2 Å². The third-order valence-electron chi connectivity index (χ3n) is 2.02. The highest BCUT2D eigenvalue weighted by atomic mass is 32.2. The summed E-state index contributed by atoms with van der Waals surface area (Å²) in [5, 5.41) is 8.63. The SMILES string of the molecule is CCNS(=O)(=O)Nc1ccc(F)cc1C#CCCO. The third kappa shape index (κ3) is 5.26. The molecular formula is C12H15FN2O3S. The van der Waals surface area contributed by atoms with Crippen molar-refractivity contribution in [1.29, 1.82) is 0 Å². The van der Waals surface area contributed by atoms with E-state index in [0.717, 1.165) is 12.1 Å². The van der Waals surface area contributed by atoms with Gasteiger partial charge in [-0.25, -0.2) is 4.39 Å². The molecule has 0 saturated heterocycles. The van der Waals surface area contributed by atoms with Crippen LogP contribution in [0.2, 0.25) is 0 Å². The number of benzene rings is 1. The van der Waals surface area contributed by atoms with Crippen molar-refractivity contribution in [3.05, 3.63) is 29.6 Å². The normalized spacial score (nSPS) is 10.7. The van der Waals surface area contributed by atoms with E-state index in [2.05, 4.69) is 21.3 Å².